The summed E-state index contributed by atoms with van der Waals surface area (Å²) in [7, 11) is 1.86. The summed E-state index contributed by atoms with van der Waals surface area (Å²) in [6, 6.07) is 11.8. The van der Waals surface area contributed by atoms with Crippen LogP contribution in [0, 0.1) is 0 Å². The molecule has 0 spiro atoms. The van der Waals surface area contributed by atoms with E-state index in [0.717, 1.165) is 44.1 Å². The average molecular weight is 453 g/mol. The van der Waals surface area contributed by atoms with Gasteiger partial charge in [-0.3, -0.25) is 14.4 Å². The molecule has 4 rings (SSSR count). The lowest BCUT2D eigenvalue weighted by atomic mass is 10.1. The molecule has 2 heterocycles. The molecule has 0 radical (unpaired) electrons. The number of nitrogens with one attached hydrogen (secondary N) is 1. The molecule has 0 aliphatic carbocycles. The largest absolute Gasteiger partial charge is 0.504 e. The van der Waals surface area contributed by atoms with Crippen LogP contribution in [0.1, 0.15) is 5.56 Å². The minimum atomic E-state index is -0.252. The van der Waals surface area contributed by atoms with Gasteiger partial charge in [-0.2, -0.15) is 5.10 Å². The average Bonchev–Trinajstić information content (AvgIpc) is 3.23. The van der Waals surface area contributed by atoms with Crippen LogP contribution in [0.2, 0.25) is 0 Å². The maximum absolute atomic E-state index is 12.6. The second-order valence-electron chi connectivity index (χ2n) is 7.90. The summed E-state index contributed by atoms with van der Waals surface area (Å²) in [5.74, 6) is 0.00640. The van der Waals surface area contributed by atoms with E-state index in [4.69, 9.17) is 9.47 Å². The first-order valence-corrected chi connectivity index (χ1v) is 10.9. The van der Waals surface area contributed by atoms with Crippen LogP contribution in [0.25, 0.3) is 11.3 Å². The summed E-state index contributed by atoms with van der Waals surface area (Å²) >= 11 is 0. The predicted octanol–water partition coefficient (Wildman–Crippen LogP) is 2.39. The first-order valence-electron chi connectivity index (χ1n) is 10.9. The van der Waals surface area contributed by atoms with E-state index in [1.165, 1.54) is 12.1 Å². The van der Waals surface area contributed by atoms with E-state index in [1.807, 2.05) is 25.2 Å². The Morgan fingerprint density at radius 3 is 2.67 bits per heavy atom. The minimum Gasteiger partial charge on any atom is -0.504 e. The zero-order valence-electron chi connectivity index (χ0n) is 18.5. The molecule has 33 heavy (non-hydrogen) atoms. The number of carbonyl (C=O) groups excluding carboxylic acids is 1. The van der Waals surface area contributed by atoms with Crippen molar-refractivity contribution in [3.63, 3.8) is 0 Å². The predicted molar refractivity (Wildman–Crippen MR) is 124 cm³/mol. The van der Waals surface area contributed by atoms with Gasteiger partial charge in [-0.15, -0.1) is 0 Å². The molecule has 0 saturated carbocycles. The Kier molecular flexibility index (Phi) is 7.11. The van der Waals surface area contributed by atoms with Crippen molar-refractivity contribution in [2.24, 2.45) is 7.05 Å². The van der Waals surface area contributed by atoms with Crippen molar-refractivity contribution in [1.82, 2.24) is 14.7 Å². The highest BCUT2D eigenvalue weighted by Gasteiger charge is 2.15. The van der Waals surface area contributed by atoms with Gasteiger partial charge in [0.25, 0.3) is 0 Å². The molecule has 9 nitrogen and oxygen atoms in total. The van der Waals surface area contributed by atoms with Crippen molar-refractivity contribution in [3.8, 4) is 28.5 Å². The molecular weight excluding hydrogens is 424 g/mol. The summed E-state index contributed by atoms with van der Waals surface area (Å²) in [4.78, 5) is 14.9. The Hall–Kier alpha value is -3.56. The van der Waals surface area contributed by atoms with Crippen LogP contribution in [0.15, 0.2) is 48.7 Å². The first kappa shape index (κ1) is 22.6. The summed E-state index contributed by atoms with van der Waals surface area (Å²) in [6.07, 6.45) is 1.78. The normalized spacial score (nSPS) is 14.2. The number of anilines is 1. The molecule has 1 aliphatic rings. The number of nitrogens with zero attached hydrogens (tertiary/aromatic N) is 3. The van der Waals surface area contributed by atoms with Crippen molar-refractivity contribution >= 4 is 11.6 Å². The number of morpholine rings is 1. The molecule has 0 unspecified atom stereocenters. The Morgan fingerprint density at radius 1 is 1.12 bits per heavy atom. The number of hydrogen-bond acceptors (Lipinski definition) is 7. The standard InChI is InChI=1S/C24H28N4O5/c1-27-20(6-7-25-27)19-16-18(26-24(31)15-17-2-4-21(29)22(30)14-17)3-5-23(19)33-13-10-28-8-11-32-12-9-28/h2-7,14,16,29-30H,8-13,15H2,1H3,(H,26,31). The first-order chi connectivity index (χ1) is 16.0. The van der Waals surface area contributed by atoms with Crippen molar-refractivity contribution < 1.29 is 24.5 Å². The van der Waals surface area contributed by atoms with Gasteiger partial charge in [-0.05, 0) is 42.0 Å². The number of aromatic nitrogens is 2. The van der Waals surface area contributed by atoms with Gasteiger partial charge < -0.3 is 25.0 Å². The number of amides is 1. The molecule has 174 valence electrons. The number of aromatic hydroxyl groups is 2. The highest BCUT2D eigenvalue weighted by molar-refractivity contribution is 5.93. The van der Waals surface area contributed by atoms with Gasteiger partial charge in [0.15, 0.2) is 11.5 Å². The van der Waals surface area contributed by atoms with Gasteiger partial charge in [0, 0.05) is 44.1 Å². The van der Waals surface area contributed by atoms with E-state index in [-0.39, 0.29) is 23.8 Å². The van der Waals surface area contributed by atoms with Crippen LogP contribution in [0.5, 0.6) is 17.2 Å². The summed E-state index contributed by atoms with van der Waals surface area (Å²) in [6.45, 7) is 4.66. The van der Waals surface area contributed by atoms with Gasteiger partial charge in [0.1, 0.15) is 12.4 Å². The third-order valence-corrected chi connectivity index (χ3v) is 5.53. The monoisotopic (exact) mass is 452 g/mol. The molecule has 1 aromatic heterocycles. The highest BCUT2D eigenvalue weighted by atomic mass is 16.5. The molecule has 1 amide bonds. The number of phenolic OH excluding ortho intramolecular Hbond substituents is 2. The van der Waals surface area contributed by atoms with Crippen LogP contribution in [-0.4, -0.2) is 70.3 Å². The third-order valence-electron chi connectivity index (χ3n) is 5.53. The molecular formula is C24H28N4O5. The quantitative estimate of drug-likeness (QED) is 0.450. The summed E-state index contributed by atoms with van der Waals surface area (Å²) < 4.78 is 13.3. The molecule has 3 N–H and O–H groups in total. The van der Waals surface area contributed by atoms with Gasteiger partial charge in [-0.25, -0.2) is 0 Å². The number of ether oxygens (including phenoxy) is 2. The lowest BCUT2D eigenvalue weighted by molar-refractivity contribution is -0.115. The zero-order valence-corrected chi connectivity index (χ0v) is 18.5. The van der Waals surface area contributed by atoms with E-state index in [1.54, 1.807) is 23.0 Å². The topological polar surface area (TPSA) is 109 Å². The fourth-order valence-corrected chi connectivity index (χ4v) is 3.75. The van der Waals surface area contributed by atoms with Gasteiger partial charge >= 0.3 is 0 Å². The van der Waals surface area contributed by atoms with Crippen molar-refractivity contribution in [1.29, 1.82) is 0 Å². The van der Waals surface area contributed by atoms with Crippen molar-refractivity contribution in [3.05, 3.63) is 54.2 Å². The van der Waals surface area contributed by atoms with Crippen molar-refractivity contribution in [2.45, 2.75) is 6.42 Å². The van der Waals surface area contributed by atoms with Crippen LogP contribution in [-0.2, 0) is 23.0 Å². The maximum Gasteiger partial charge on any atom is 0.228 e. The lowest BCUT2D eigenvalue weighted by Gasteiger charge is -2.26. The fraction of sp³-hybridized carbons (Fsp3) is 0.333. The highest BCUT2D eigenvalue weighted by Crippen LogP contribution is 2.33. The Morgan fingerprint density at radius 2 is 1.94 bits per heavy atom. The molecule has 9 heteroatoms. The molecule has 0 atom stereocenters. The SMILES string of the molecule is Cn1nccc1-c1cc(NC(=O)Cc2ccc(O)c(O)c2)ccc1OCCN1CCOCC1. The van der Waals surface area contributed by atoms with Gasteiger partial charge in [0.2, 0.25) is 5.91 Å². The number of carbonyl (C=O) groups is 1. The summed E-state index contributed by atoms with van der Waals surface area (Å²) in [5.41, 5.74) is 2.92. The van der Waals surface area contributed by atoms with Crippen molar-refractivity contribution in [2.75, 3.05) is 44.8 Å². The van der Waals surface area contributed by atoms with E-state index in [2.05, 4.69) is 15.3 Å². The van der Waals surface area contributed by atoms with Crippen LogP contribution >= 0.6 is 0 Å². The Bertz CT molecular complexity index is 1110. The molecule has 1 saturated heterocycles. The zero-order chi connectivity index (χ0) is 23.2. The van der Waals surface area contributed by atoms with E-state index in [9.17, 15) is 15.0 Å². The maximum atomic E-state index is 12.6. The molecule has 2 aromatic carbocycles. The Labute approximate surface area is 192 Å². The van der Waals surface area contributed by atoms with Crippen LogP contribution in [0.3, 0.4) is 0 Å². The smallest absolute Gasteiger partial charge is 0.228 e. The second kappa shape index (κ2) is 10.4. The minimum absolute atomic E-state index is 0.0622. The fourth-order valence-electron chi connectivity index (χ4n) is 3.75. The number of aryl methyl sites for hydroxylation is 1. The van der Waals surface area contributed by atoms with Crippen LogP contribution in [0.4, 0.5) is 5.69 Å². The number of benzene rings is 2. The summed E-state index contributed by atoms with van der Waals surface area (Å²) in [5, 5.41) is 26.2. The van der Waals surface area contributed by atoms with Gasteiger partial charge in [0.05, 0.1) is 25.3 Å². The number of hydrogen-bond donors (Lipinski definition) is 3. The molecule has 3 aromatic rings. The van der Waals surface area contributed by atoms with E-state index >= 15 is 0 Å². The molecule has 0 bridgehead atoms. The van der Waals surface area contributed by atoms with Crippen LogP contribution < -0.4 is 10.1 Å². The molecule has 1 aliphatic heterocycles. The molecule has 1 fully saturated rings. The second-order valence-corrected chi connectivity index (χ2v) is 7.90. The number of phenols is 2. The Balaban J connectivity index is 1.46. The van der Waals surface area contributed by atoms with Gasteiger partial charge in [-0.1, -0.05) is 6.07 Å². The lowest BCUT2D eigenvalue weighted by Crippen LogP contribution is -2.38. The van der Waals surface area contributed by atoms with E-state index < -0.39 is 0 Å². The van der Waals surface area contributed by atoms with E-state index in [0.29, 0.717) is 23.6 Å². The number of rotatable bonds is 8. The third kappa shape index (κ3) is 5.82.